The molecule has 0 aliphatic heterocycles. The second-order valence-corrected chi connectivity index (χ2v) is 6.03. The van der Waals surface area contributed by atoms with Crippen molar-refractivity contribution in [1.82, 2.24) is 5.32 Å². The summed E-state index contributed by atoms with van der Waals surface area (Å²) in [6.45, 7) is 3.53. The first kappa shape index (κ1) is 10.1. The highest BCUT2D eigenvalue weighted by Crippen LogP contribution is 2.58. The van der Waals surface area contributed by atoms with Gasteiger partial charge in [0.25, 0.3) is 0 Å². The van der Waals surface area contributed by atoms with Crippen LogP contribution in [0.15, 0.2) is 0 Å². The van der Waals surface area contributed by atoms with E-state index in [2.05, 4.69) is 12.2 Å². The van der Waals surface area contributed by atoms with Crippen LogP contribution in [0.5, 0.6) is 0 Å². The summed E-state index contributed by atoms with van der Waals surface area (Å²) in [5.41, 5.74) is 0.0994. The topological polar surface area (TPSA) is 32.3 Å². The van der Waals surface area contributed by atoms with Gasteiger partial charge in [0, 0.05) is 5.54 Å². The molecule has 0 unspecified atom stereocenters. The minimum atomic E-state index is 0.0994. The highest BCUT2D eigenvalue weighted by molar-refractivity contribution is 5.10. The summed E-state index contributed by atoms with van der Waals surface area (Å²) in [6.07, 6.45) is 6.99. The molecule has 0 atom stereocenters. The number of aliphatic hydroxyl groups is 1. The van der Waals surface area contributed by atoms with Gasteiger partial charge in [-0.1, -0.05) is 6.92 Å². The molecule has 4 aliphatic rings. The Morgan fingerprint density at radius 1 is 1.07 bits per heavy atom. The van der Waals surface area contributed by atoms with Gasteiger partial charge in [-0.2, -0.15) is 0 Å². The first-order valence-electron chi connectivity index (χ1n) is 6.64. The van der Waals surface area contributed by atoms with Crippen molar-refractivity contribution in [3.8, 4) is 0 Å². The Labute approximate surface area is 92.4 Å². The predicted octanol–water partition coefficient (Wildman–Crippen LogP) is 1.78. The Morgan fingerprint density at radius 2 is 1.60 bits per heavy atom. The molecule has 0 heterocycles. The average Bonchev–Trinajstić information content (AvgIpc) is 2.23. The second kappa shape index (κ2) is 3.46. The fourth-order valence-electron chi connectivity index (χ4n) is 4.96. The third-order valence-corrected chi connectivity index (χ3v) is 5.36. The van der Waals surface area contributed by atoms with Gasteiger partial charge in [0.2, 0.25) is 0 Å². The summed E-state index contributed by atoms with van der Waals surface area (Å²) in [6, 6.07) is 0. The smallest absolute Gasteiger partial charge is 0.0618 e. The number of hydrogen-bond donors (Lipinski definition) is 2. The first-order valence-corrected chi connectivity index (χ1v) is 6.64. The number of rotatable bonds is 3. The number of nitrogens with one attached hydrogen (secondary N) is 1. The first-order chi connectivity index (χ1) is 7.28. The molecule has 15 heavy (non-hydrogen) atoms. The Kier molecular flexibility index (Phi) is 2.33. The molecular weight excluding hydrogens is 186 g/mol. The van der Waals surface area contributed by atoms with E-state index in [1.807, 2.05) is 0 Å². The van der Waals surface area contributed by atoms with Crippen molar-refractivity contribution in [3.63, 3.8) is 0 Å². The summed E-state index contributed by atoms with van der Waals surface area (Å²) in [5.74, 6) is 3.51. The maximum atomic E-state index is 9.82. The fourth-order valence-corrected chi connectivity index (χ4v) is 4.96. The standard InChI is InChI=1S/C13H23NO/c1-2-14-13(8-15)11-4-9-3-10(6-11)7-12(13)5-9/h9-12,14-15H,2-8H2,1H3. The second-order valence-electron chi connectivity index (χ2n) is 6.03. The van der Waals surface area contributed by atoms with E-state index in [1.165, 1.54) is 32.1 Å². The minimum Gasteiger partial charge on any atom is -0.394 e. The van der Waals surface area contributed by atoms with E-state index >= 15 is 0 Å². The molecule has 0 aromatic heterocycles. The van der Waals surface area contributed by atoms with E-state index in [-0.39, 0.29) is 5.54 Å². The van der Waals surface area contributed by atoms with Crippen molar-refractivity contribution in [1.29, 1.82) is 0 Å². The lowest BCUT2D eigenvalue weighted by atomic mass is 9.48. The maximum absolute atomic E-state index is 9.82. The van der Waals surface area contributed by atoms with Crippen LogP contribution in [0.3, 0.4) is 0 Å². The molecule has 86 valence electrons. The van der Waals surface area contributed by atoms with Gasteiger partial charge >= 0.3 is 0 Å². The molecule has 0 spiro atoms. The van der Waals surface area contributed by atoms with Crippen molar-refractivity contribution in [2.45, 2.75) is 44.6 Å². The molecule has 4 fully saturated rings. The molecule has 0 amide bonds. The van der Waals surface area contributed by atoms with E-state index in [0.717, 1.165) is 30.2 Å². The third-order valence-electron chi connectivity index (χ3n) is 5.36. The molecule has 0 radical (unpaired) electrons. The summed E-state index contributed by atoms with van der Waals surface area (Å²) in [4.78, 5) is 0. The Balaban J connectivity index is 1.89. The van der Waals surface area contributed by atoms with Crippen molar-refractivity contribution >= 4 is 0 Å². The van der Waals surface area contributed by atoms with Crippen LogP contribution in [0.25, 0.3) is 0 Å². The highest BCUT2D eigenvalue weighted by atomic mass is 16.3. The Morgan fingerprint density at radius 3 is 2.00 bits per heavy atom. The van der Waals surface area contributed by atoms with Gasteiger partial charge < -0.3 is 10.4 Å². The lowest BCUT2D eigenvalue weighted by Gasteiger charge is -2.61. The lowest BCUT2D eigenvalue weighted by molar-refractivity contribution is -0.0944. The van der Waals surface area contributed by atoms with Crippen LogP contribution in [0, 0.1) is 23.7 Å². The van der Waals surface area contributed by atoms with Crippen LogP contribution in [0.4, 0.5) is 0 Å². The van der Waals surface area contributed by atoms with Gasteiger partial charge in [-0.05, 0) is 62.3 Å². The van der Waals surface area contributed by atoms with Crippen LogP contribution < -0.4 is 5.32 Å². The van der Waals surface area contributed by atoms with E-state index in [0.29, 0.717) is 6.61 Å². The predicted molar refractivity (Wildman–Crippen MR) is 60.5 cm³/mol. The average molecular weight is 209 g/mol. The lowest BCUT2D eigenvalue weighted by Crippen LogP contribution is -2.66. The fraction of sp³-hybridized carbons (Fsp3) is 1.00. The van der Waals surface area contributed by atoms with Crippen LogP contribution in [0.2, 0.25) is 0 Å². The van der Waals surface area contributed by atoms with Gasteiger partial charge in [-0.3, -0.25) is 0 Å². The molecule has 4 rings (SSSR count). The van der Waals surface area contributed by atoms with Gasteiger partial charge in [-0.15, -0.1) is 0 Å². The Bertz CT molecular complexity index is 223. The number of hydrogen-bond acceptors (Lipinski definition) is 2. The monoisotopic (exact) mass is 209 g/mol. The van der Waals surface area contributed by atoms with Crippen LogP contribution in [-0.2, 0) is 0 Å². The molecule has 2 N–H and O–H groups in total. The van der Waals surface area contributed by atoms with Crippen molar-refractivity contribution in [2.24, 2.45) is 23.7 Å². The molecule has 2 heteroatoms. The van der Waals surface area contributed by atoms with Gasteiger partial charge in [0.15, 0.2) is 0 Å². The largest absolute Gasteiger partial charge is 0.394 e. The molecule has 4 saturated carbocycles. The highest BCUT2D eigenvalue weighted by Gasteiger charge is 2.56. The van der Waals surface area contributed by atoms with E-state index in [4.69, 9.17) is 0 Å². The molecule has 0 aromatic carbocycles. The summed E-state index contributed by atoms with van der Waals surface area (Å²) in [7, 11) is 0. The molecule has 4 bridgehead atoms. The van der Waals surface area contributed by atoms with Crippen molar-refractivity contribution in [3.05, 3.63) is 0 Å². The van der Waals surface area contributed by atoms with E-state index in [1.54, 1.807) is 0 Å². The molecule has 0 saturated heterocycles. The van der Waals surface area contributed by atoms with Crippen molar-refractivity contribution in [2.75, 3.05) is 13.2 Å². The van der Waals surface area contributed by atoms with Gasteiger partial charge in [0.1, 0.15) is 0 Å². The normalized spacial score (nSPS) is 52.4. The molecule has 2 nitrogen and oxygen atoms in total. The van der Waals surface area contributed by atoms with E-state index in [9.17, 15) is 5.11 Å². The van der Waals surface area contributed by atoms with Gasteiger partial charge in [0.05, 0.1) is 6.61 Å². The zero-order chi connectivity index (χ0) is 10.5. The summed E-state index contributed by atoms with van der Waals surface area (Å²) < 4.78 is 0. The molecular formula is C13H23NO. The Hall–Kier alpha value is -0.0800. The third kappa shape index (κ3) is 1.31. The van der Waals surface area contributed by atoms with Crippen LogP contribution in [0.1, 0.15) is 39.0 Å². The van der Waals surface area contributed by atoms with Crippen LogP contribution in [-0.4, -0.2) is 23.8 Å². The SMILES string of the molecule is CCNC1(CO)C2CC3CC(C2)CC1C3. The zero-order valence-corrected chi connectivity index (χ0v) is 9.71. The van der Waals surface area contributed by atoms with Crippen molar-refractivity contribution < 1.29 is 5.11 Å². The summed E-state index contributed by atoms with van der Waals surface area (Å²) >= 11 is 0. The quantitative estimate of drug-likeness (QED) is 0.742. The van der Waals surface area contributed by atoms with Crippen LogP contribution >= 0.6 is 0 Å². The molecule has 4 aliphatic carbocycles. The number of likely N-dealkylation sites (N-methyl/N-ethyl adjacent to an activating group) is 1. The zero-order valence-electron chi connectivity index (χ0n) is 9.71. The maximum Gasteiger partial charge on any atom is 0.0618 e. The van der Waals surface area contributed by atoms with E-state index < -0.39 is 0 Å². The number of aliphatic hydroxyl groups excluding tert-OH is 1. The summed E-state index contributed by atoms with van der Waals surface area (Å²) in [5, 5.41) is 13.5. The molecule has 0 aromatic rings. The minimum absolute atomic E-state index is 0.0994. The van der Waals surface area contributed by atoms with Gasteiger partial charge in [-0.25, -0.2) is 0 Å².